The highest BCUT2D eigenvalue weighted by Crippen LogP contribution is 2.48. The number of ether oxygens (including phenoxy) is 1. The largest absolute Gasteiger partial charge is 0.479 e. The van der Waals surface area contributed by atoms with Crippen molar-refractivity contribution in [1.82, 2.24) is 14.8 Å². The average Bonchev–Trinajstić information content (AvgIpc) is 3.47. The second kappa shape index (κ2) is 8.67. The number of hydrogen-bond donors (Lipinski definition) is 3. The summed E-state index contributed by atoms with van der Waals surface area (Å²) in [7, 11) is 0. The van der Waals surface area contributed by atoms with Gasteiger partial charge in [-0.2, -0.15) is 5.10 Å². The van der Waals surface area contributed by atoms with Gasteiger partial charge in [0.2, 0.25) is 0 Å². The molecule has 2 aromatic heterocycles. The molecule has 6 rings (SSSR count). The highest BCUT2D eigenvalue weighted by atomic mass is 19.2. The van der Waals surface area contributed by atoms with Crippen LogP contribution >= 0.6 is 0 Å². The number of aliphatic carboxylic acids is 1. The number of benzene rings is 2. The molecule has 2 aliphatic rings. The first-order valence-electron chi connectivity index (χ1n) is 12.4. The monoisotopic (exact) mass is 495 g/mol. The lowest BCUT2D eigenvalue weighted by atomic mass is 9.74. The van der Waals surface area contributed by atoms with E-state index < -0.39 is 23.2 Å². The van der Waals surface area contributed by atoms with Gasteiger partial charge in [-0.15, -0.1) is 0 Å². The Hall–Kier alpha value is -3.30. The topological polar surface area (TPSA) is 100 Å². The molecule has 0 unspecified atom stereocenters. The third-order valence-corrected chi connectivity index (χ3v) is 7.99. The van der Waals surface area contributed by atoms with Crippen molar-refractivity contribution in [3.63, 3.8) is 0 Å². The van der Waals surface area contributed by atoms with E-state index in [0.717, 1.165) is 52.0 Å². The Bertz CT molecular complexity index is 1460. The number of aliphatic hydroxyl groups is 1. The summed E-state index contributed by atoms with van der Waals surface area (Å²) in [6, 6.07) is 8.02. The van der Waals surface area contributed by atoms with Gasteiger partial charge in [0.05, 0.1) is 17.2 Å². The molecule has 0 amide bonds. The van der Waals surface area contributed by atoms with Crippen LogP contribution in [0.25, 0.3) is 27.5 Å². The number of rotatable bonds is 4. The van der Waals surface area contributed by atoms with E-state index in [1.165, 1.54) is 6.07 Å². The predicted octanol–water partition coefficient (Wildman–Crippen LogP) is 5.15. The summed E-state index contributed by atoms with van der Waals surface area (Å²) in [5.41, 5.74) is 2.67. The molecule has 36 heavy (non-hydrogen) atoms. The van der Waals surface area contributed by atoms with Crippen LogP contribution in [0.3, 0.4) is 0 Å². The number of carboxylic acid groups (broad SMARTS) is 1. The lowest BCUT2D eigenvalue weighted by Gasteiger charge is -2.34. The molecule has 0 spiro atoms. The first-order chi connectivity index (χ1) is 17.4. The zero-order chi connectivity index (χ0) is 25.0. The molecule has 0 radical (unpaired) electrons. The third kappa shape index (κ3) is 3.69. The van der Waals surface area contributed by atoms with Crippen LogP contribution in [-0.4, -0.2) is 49.8 Å². The van der Waals surface area contributed by atoms with E-state index in [4.69, 9.17) is 4.74 Å². The van der Waals surface area contributed by atoms with Gasteiger partial charge in [-0.25, -0.2) is 13.6 Å². The summed E-state index contributed by atoms with van der Waals surface area (Å²) >= 11 is 0. The normalized spacial score (nSPS) is 23.5. The minimum absolute atomic E-state index is 0.0110. The van der Waals surface area contributed by atoms with Crippen molar-refractivity contribution < 1.29 is 28.5 Å². The predicted molar refractivity (Wildman–Crippen MR) is 129 cm³/mol. The van der Waals surface area contributed by atoms with Crippen LogP contribution in [0, 0.1) is 11.6 Å². The quantitative estimate of drug-likeness (QED) is 0.364. The van der Waals surface area contributed by atoms with Gasteiger partial charge in [0.25, 0.3) is 0 Å². The maximum atomic E-state index is 14.5. The second-order valence-corrected chi connectivity index (χ2v) is 10.1. The number of halogens is 2. The third-order valence-electron chi connectivity index (χ3n) is 7.99. The Labute approximate surface area is 205 Å². The van der Waals surface area contributed by atoms with E-state index in [0.29, 0.717) is 31.7 Å². The fourth-order valence-electron chi connectivity index (χ4n) is 6.07. The number of aromatic amines is 1. The van der Waals surface area contributed by atoms with Crippen LogP contribution in [0.2, 0.25) is 0 Å². The highest BCUT2D eigenvalue weighted by molar-refractivity contribution is 5.99. The summed E-state index contributed by atoms with van der Waals surface area (Å²) in [5, 5.41) is 29.2. The molecule has 0 bridgehead atoms. The van der Waals surface area contributed by atoms with Crippen molar-refractivity contribution in [2.45, 2.75) is 56.0 Å². The Kier molecular flexibility index (Phi) is 5.57. The first-order valence-corrected chi connectivity index (χ1v) is 12.4. The summed E-state index contributed by atoms with van der Waals surface area (Å²) in [6.07, 6.45) is 4.65. The van der Waals surface area contributed by atoms with Crippen molar-refractivity contribution in [2.75, 3.05) is 13.2 Å². The van der Waals surface area contributed by atoms with Crippen molar-refractivity contribution in [3.8, 4) is 5.69 Å². The van der Waals surface area contributed by atoms with Crippen LogP contribution < -0.4 is 0 Å². The molecule has 2 aromatic carbocycles. The molecular formula is C27H27F2N3O4. The van der Waals surface area contributed by atoms with E-state index in [9.17, 15) is 23.8 Å². The highest BCUT2D eigenvalue weighted by Gasteiger charge is 2.42. The van der Waals surface area contributed by atoms with Gasteiger partial charge >= 0.3 is 5.97 Å². The number of fused-ring (bicyclic) bond motifs is 2. The van der Waals surface area contributed by atoms with Crippen LogP contribution in [0.15, 0.2) is 36.5 Å². The van der Waals surface area contributed by atoms with Crippen molar-refractivity contribution in [2.24, 2.45) is 0 Å². The van der Waals surface area contributed by atoms with Gasteiger partial charge in [-0.1, -0.05) is 0 Å². The molecule has 1 saturated carbocycles. The summed E-state index contributed by atoms with van der Waals surface area (Å²) in [4.78, 5) is 11.7. The molecule has 7 nitrogen and oxygen atoms in total. The molecule has 0 atom stereocenters. The maximum Gasteiger partial charge on any atom is 0.335 e. The summed E-state index contributed by atoms with van der Waals surface area (Å²) in [5.74, 6) is -2.86. The van der Waals surface area contributed by atoms with Crippen LogP contribution in [0.1, 0.15) is 61.6 Å². The minimum atomic E-state index is -1.72. The van der Waals surface area contributed by atoms with Crippen LogP contribution in [0.5, 0.6) is 0 Å². The van der Waals surface area contributed by atoms with Gasteiger partial charge in [0, 0.05) is 47.4 Å². The zero-order valence-corrected chi connectivity index (χ0v) is 19.6. The minimum Gasteiger partial charge on any atom is -0.479 e. The van der Waals surface area contributed by atoms with E-state index in [-0.39, 0.29) is 24.7 Å². The molecule has 1 aliphatic carbocycles. The van der Waals surface area contributed by atoms with Crippen molar-refractivity contribution >= 4 is 27.8 Å². The van der Waals surface area contributed by atoms with E-state index >= 15 is 0 Å². The number of H-pyrrole nitrogens is 1. The van der Waals surface area contributed by atoms with Crippen LogP contribution in [0.4, 0.5) is 8.78 Å². The number of hydrogen-bond acceptors (Lipinski definition) is 4. The number of nitrogens with zero attached hydrogens (tertiary/aromatic N) is 2. The molecule has 9 heteroatoms. The Morgan fingerprint density at radius 2 is 1.81 bits per heavy atom. The number of aromatic nitrogens is 3. The van der Waals surface area contributed by atoms with E-state index in [1.807, 2.05) is 16.7 Å². The van der Waals surface area contributed by atoms with Gasteiger partial charge in [-0.05, 0) is 74.3 Å². The lowest BCUT2D eigenvalue weighted by molar-refractivity contribution is -0.162. The molecule has 1 saturated heterocycles. The number of carbonyl (C=O) groups is 1. The van der Waals surface area contributed by atoms with Gasteiger partial charge in [0.1, 0.15) is 0 Å². The van der Waals surface area contributed by atoms with E-state index in [1.54, 1.807) is 12.3 Å². The average molecular weight is 496 g/mol. The summed E-state index contributed by atoms with van der Waals surface area (Å²) < 4.78 is 36.0. The Morgan fingerprint density at radius 3 is 2.50 bits per heavy atom. The van der Waals surface area contributed by atoms with Gasteiger partial charge in [0.15, 0.2) is 17.2 Å². The maximum absolute atomic E-state index is 14.5. The van der Waals surface area contributed by atoms with Gasteiger partial charge < -0.3 is 19.5 Å². The molecule has 1 aliphatic heterocycles. The van der Waals surface area contributed by atoms with Crippen molar-refractivity contribution in [1.29, 1.82) is 0 Å². The second-order valence-electron chi connectivity index (χ2n) is 10.1. The number of nitrogens with one attached hydrogen (secondary N) is 1. The molecule has 4 aromatic rings. The fourth-order valence-corrected chi connectivity index (χ4v) is 6.07. The van der Waals surface area contributed by atoms with Crippen LogP contribution in [-0.2, 0) is 9.53 Å². The van der Waals surface area contributed by atoms with Gasteiger partial charge in [-0.3, -0.25) is 5.10 Å². The molecule has 188 valence electrons. The summed E-state index contributed by atoms with van der Waals surface area (Å²) in [6.45, 7) is 1.22. The smallest absolute Gasteiger partial charge is 0.335 e. The van der Waals surface area contributed by atoms with Crippen molar-refractivity contribution in [3.05, 3.63) is 59.4 Å². The Morgan fingerprint density at radius 1 is 1.06 bits per heavy atom. The molecular weight excluding hydrogens is 468 g/mol. The number of carboxylic acids is 1. The van der Waals surface area contributed by atoms with E-state index in [2.05, 4.69) is 10.2 Å². The SMILES string of the molecule is O=C(O)C1(O)CCC(c2c(C3CCOCC3)n(-c3ccc(F)c(F)c3)c3cc4cn[nH]c4cc23)CC1. The lowest BCUT2D eigenvalue weighted by Crippen LogP contribution is -2.41. The first kappa shape index (κ1) is 23.1. The standard InChI is InChI=1S/C27H27F2N3O4/c28-20-2-1-18(12-21(20)29)32-23-11-17-14-30-31-22(17)13-19(23)24(25(32)16-5-9-36-10-6-16)15-3-7-27(35,8-4-15)26(33)34/h1-2,11-16,35H,3-10H2,(H,30,31)(H,33,34). The Balaban J connectivity index is 1.61. The fraction of sp³-hybridized carbons (Fsp3) is 0.407. The molecule has 3 N–H and O–H groups in total. The molecule has 3 heterocycles. The molecule has 2 fully saturated rings. The zero-order valence-electron chi connectivity index (χ0n) is 19.6.